The van der Waals surface area contributed by atoms with Gasteiger partial charge in [0.1, 0.15) is 6.10 Å². The number of benzene rings is 2. The Morgan fingerprint density at radius 3 is 2.31 bits per heavy atom. The van der Waals surface area contributed by atoms with Gasteiger partial charge in [0, 0.05) is 0 Å². The van der Waals surface area contributed by atoms with Crippen LogP contribution in [-0.4, -0.2) is 29.7 Å². The summed E-state index contributed by atoms with van der Waals surface area (Å²) < 4.78 is 48.4. The highest BCUT2D eigenvalue weighted by Gasteiger charge is 2.46. The van der Waals surface area contributed by atoms with Crippen LogP contribution in [0, 0.1) is 11.7 Å². The first-order valence-electron chi connectivity index (χ1n) is 10.1. The van der Waals surface area contributed by atoms with Gasteiger partial charge in [-0.1, -0.05) is 32.0 Å². The van der Waals surface area contributed by atoms with E-state index in [1.807, 2.05) is 13.8 Å². The van der Waals surface area contributed by atoms with E-state index in [-0.39, 0.29) is 24.0 Å². The largest absolute Gasteiger partial charge is 0.478 e. The molecule has 2 aromatic carbocycles. The zero-order valence-electron chi connectivity index (χ0n) is 17.6. The van der Waals surface area contributed by atoms with Gasteiger partial charge in [-0.15, -0.1) is 0 Å². The van der Waals surface area contributed by atoms with Crippen LogP contribution in [0.3, 0.4) is 0 Å². The third-order valence-corrected chi connectivity index (χ3v) is 5.30. The first-order chi connectivity index (χ1) is 15.1. The summed E-state index contributed by atoms with van der Waals surface area (Å²) in [4.78, 5) is 24.0. The minimum absolute atomic E-state index is 0.101. The molecule has 0 bridgehead atoms. The molecule has 0 aromatic heterocycles. The maximum atomic E-state index is 13.6. The number of alkyl halides is 2. The van der Waals surface area contributed by atoms with Crippen molar-refractivity contribution in [2.75, 3.05) is 0 Å². The lowest BCUT2D eigenvalue weighted by Gasteiger charge is -2.25. The highest BCUT2D eigenvalue weighted by molar-refractivity contribution is 5.87. The molecular formula is C23H24F3NO5. The molecule has 0 radical (unpaired) electrons. The number of hydrogen-bond donors (Lipinski definition) is 2. The zero-order chi connectivity index (χ0) is 23.5. The average molecular weight is 451 g/mol. The van der Waals surface area contributed by atoms with Gasteiger partial charge in [-0.25, -0.2) is 9.18 Å². The van der Waals surface area contributed by atoms with E-state index < -0.39 is 35.8 Å². The van der Waals surface area contributed by atoms with E-state index in [1.165, 1.54) is 18.2 Å². The molecule has 3 rings (SSSR count). The highest BCUT2D eigenvalue weighted by Crippen LogP contribution is 2.45. The molecule has 0 saturated heterocycles. The van der Waals surface area contributed by atoms with Gasteiger partial charge in [0.15, 0.2) is 11.6 Å². The van der Waals surface area contributed by atoms with Crippen LogP contribution >= 0.6 is 0 Å². The maximum absolute atomic E-state index is 13.6. The van der Waals surface area contributed by atoms with E-state index in [0.29, 0.717) is 18.4 Å². The number of halogens is 3. The smallest absolute Gasteiger partial charge is 0.387 e. The van der Waals surface area contributed by atoms with Gasteiger partial charge in [-0.05, 0) is 54.2 Å². The molecule has 1 fully saturated rings. The number of ether oxygens (including phenoxy) is 2. The summed E-state index contributed by atoms with van der Waals surface area (Å²) in [5.74, 6) is -3.07. The van der Waals surface area contributed by atoms with Crippen LogP contribution in [0.4, 0.5) is 13.2 Å². The molecule has 9 heteroatoms. The summed E-state index contributed by atoms with van der Waals surface area (Å²) in [7, 11) is 0. The van der Waals surface area contributed by atoms with Crippen molar-refractivity contribution in [1.29, 1.82) is 0 Å². The monoisotopic (exact) mass is 451 g/mol. The maximum Gasteiger partial charge on any atom is 0.387 e. The molecule has 1 aliphatic carbocycles. The van der Waals surface area contributed by atoms with E-state index in [9.17, 15) is 22.8 Å². The number of rotatable bonds is 10. The van der Waals surface area contributed by atoms with Crippen LogP contribution in [0.25, 0.3) is 0 Å². The molecule has 0 aliphatic heterocycles. The molecule has 1 aliphatic rings. The predicted molar refractivity (Wildman–Crippen MR) is 109 cm³/mol. The van der Waals surface area contributed by atoms with Gasteiger partial charge < -0.3 is 19.9 Å². The normalized spacial score (nSPS) is 15.5. The van der Waals surface area contributed by atoms with Crippen LogP contribution in [-0.2, 0) is 21.7 Å². The second-order valence-electron chi connectivity index (χ2n) is 8.07. The number of nitrogens with one attached hydrogen (secondary N) is 1. The summed E-state index contributed by atoms with van der Waals surface area (Å²) in [6.07, 6.45) is 0.583. The lowest BCUT2D eigenvalue weighted by molar-refractivity contribution is -0.137. The Morgan fingerprint density at radius 2 is 1.78 bits per heavy atom. The number of carboxylic acid groups (broad SMARTS) is 1. The Balaban J connectivity index is 1.67. The second-order valence-corrected chi connectivity index (χ2v) is 8.07. The van der Waals surface area contributed by atoms with Crippen LogP contribution in [0.5, 0.6) is 5.75 Å². The second kappa shape index (κ2) is 9.60. The standard InChI is InChI=1S/C23H24F3NO5/c1-13(2)19(31-12-14-3-8-17(24)18(11-14)32-22(25)26)20(28)27-23(9-10-23)16-6-4-15(5-7-16)21(29)30/h3-8,11,13,19,22H,9-10,12H2,1-2H3,(H,27,28)(H,29,30)/t19-/m1/s1. The Morgan fingerprint density at radius 1 is 1.12 bits per heavy atom. The Bertz CT molecular complexity index is 974. The molecule has 1 amide bonds. The molecule has 1 atom stereocenters. The summed E-state index contributed by atoms with van der Waals surface area (Å²) >= 11 is 0. The van der Waals surface area contributed by atoms with Crippen molar-refractivity contribution < 1.29 is 37.3 Å². The molecule has 0 heterocycles. The number of carbonyl (C=O) groups excluding carboxylic acids is 1. The molecule has 2 aromatic rings. The lowest BCUT2D eigenvalue weighted by atomic mass is 10.0. The van der Waals surface area contributed by atoms with Crippen molar-refractivity contribution in [3.8, 4) is 5.75 Å². The molecule has 0 unspecified atom stereocenters. The minimum Gasteiger partial charge on any atom is -0.478 e. The number of aromatic carboxylic acids is 1. The zero-order valence-corrected chi connectivity index (χ0v) is 17.6. The molecular weight excluding hydrogens is 427 g/mol. The predicted octanol–water partition coefficient (Wildman–Crippen LogP) is 4.47. The summed E-state index contributed by atoms with van der Waals surface area (Å²) in [6.45, 7) is 0.355. The number of hydrogen-bond acceptors (Lipinski definition) is 4. The highest BCUT2D eigenvalue weighted by atomic mass is 19.3. The number of carboxylic acids is 1. The summed E-state index contributed by atoms with van der Waals surface area (Å²) in [5, 5.41) is 12.1. The summed E-state index contributed by atoms with van der Waals surface area (Å²) in [6, 6.07) is 9.84. The van der Waals surface area contributed by atoms with Crippen LogP contribution in [0.15, 0.2) is 42.5 Å². The van der Waals surface area contributed by atoms with Crippen LogP contribution in [0.1, 0.15) is 48.2 Å². The lowest BCUT2D eigenvalue weighted by Crippen LogP contribution is -2.44. The topological polar surface area (TPSA) is 84.9 Å². The van der Waals surface area contributed by atoms with Crippen LogP contribution in [0.2, 0.25) is 0 Å². The van der Waals surface area contributed by atoms with Gasteiger partial charge in [0.2, 0.25) is 5.91 Å². The third-order valence-electron chi connectivity index (χ3n) is 5.30. The molecule has 172 valence electrons. The van der Waals surface area contributed by atoms with Gasteiger partial charge in [-0.2, -0.15) is 8.78 Å². The SMILES string of the molecule is CC(C)[C@@H](OCc1ccc(F)c(OC(F)F)c1)C(=O)NC1(c2ccc(C(=O)O)cc2)CC1. The van der Waals surface area contributed by atoms with E-state index >= 15 is 0 Å². The Labute approximate surface area is 183 Å². The fourth-order valence-corrected chi connectivity index (χ4v) is 3.43. The van der Waals surface area contributed by atoms with Crippen molar-refractivity contribution in [1.82, 2.24) is 5.32 Å². The average Bonchev–Trinajstić information content (AvgIpc) is 3.50. The third kappa shape index (κ3) is 5.59. The van der Waals surface area contributed by atoms with Crippen molar-refractivity contribution >= 4 is 11.9 Å². The molecule has 1 saturated carbocycles. The molecule has 2 N–H and O–H groups in total. The molecule has 0 spiro atoms. The van der Waals surface area contributed by atoms with Gasteiger partial charge in [0.25, 0.3) is 0 Å². The van der Waals surface area contributed by atoms with Gasteiger partial charge in [-0.3, -0.25) is 4.79 Å². The summed E-state index contributed by atoms with van der Waals surface area (Å²) in [5.41, 5.74) is 0.781. The quantitative estimate of drug-likeness (QED) is 0.557. The van der Waals surface area contributed by atoms with Crippen molar-refractivity contribution in [2.45, 2.75) is 51.6 Å². The molecule has 6 nitrogen and oxygen atoms in total. The van der Waals surface area contributed by atoms with Crippen molar-refractivity contribution in [3.63, 3.8) is 0 Å². The first-order valence-corrected chi connectivity index (χ1v) is 10.1. The van der Waals surface area contributed by atoms with Crippen molar-refractivity contribution in [3.05, 3.63) is 65.0 Å². The van der Waals surface area contributed by atoms with Gasteiger partial charge in [0.05, 0.1) is 17.7 Å². The fourth-order valence-electron chi connectivity index (χ4n) is 3.43. The van der Waals surface area contributed by atoms with E-state index in [1.54, 1.807) is 12.1 Å². The van der Waals surface area contributed by atoms with Crippen molar-refractivity contribution in [2.24, 2.45) is 5.92 Å². The number of carbonyl (C=O) groups is 2. The first kappa shape index (κ1) is 23.6. The van der Waals surface area contributed by atoms with Gasteiger partial charge >= 0.3 is 12.6 Å². The Hall–Kier alpha value is -3.07. The van der Waals surface area contributed by atoms with E-state index in [0.717, 1.165) is 17.7 Å². The van der Waals surface area contributed by atoms with Crippen LogP contribution < -0.4 is 10.1 Å². The van der Waals surface area contributed by atoms with E-state index in [4.69, 9.17) is 9.84 Å². The number of amides is 1. The Kier molecular flexibility index (Phi) is 7.08. The minimum atomic E-state index is -3.16. The molecule has 32 heavy (non-hydrogen) atoms. The van der Waals surface area contributed by atoms with E-state index in [2.05, 4.69) is 10.1 Å². The fraction of sp³-hybridized carbons (Fsp3) is 0.391.